The molecular formula is C25H36N4O4S. The minimum absolute atomic E-state index is 0.0417. The maximum Gasteiger partial charge on any atom is 0.254 e. The number of nitrogens with one attached hydrogen (secondary N) is 1. The fourth-order valence-electron chi connectivity index (χ4n) is 3.52. The number of methoxy groups -OCH3 is 1. The average Bonchev–Trinajstić information content (AvgIpc) is 3.24. The number of carbonyl (C=O) groups excluding carboxylic acids is 3. The average molecular weight is 489 g/mol. The van der Waals surface area contributed by atoms with Crippen molar-refractivity contribution in [1.82, 2.24) is 14.8 Å². The van der Waals surface area contributed by atoms with Crippen LogP contribution >= 0.6 is 11.3 Å². The lowest BCUT2D eigenvalue weighted by Crippen LogP contribution is -2.40. The Hall–Kier alpha value is -2.94. The molecule has 0 aliphatic heterocycles. The lowest BCUT2D eigenvalue weighted by Gasteiger charge is -2.24. The van der Waals surface area contributed by atoms with Crippen LogP contribution < -0.4 is 10.1 Å². The van der Waals surface area contributed by atoms with Gasteiger partial charge in [0.25, 0.3) is 5.91 Å². The number of ether oxygens (including phenoxy) is 1. The molecule has 0 bridgehead atoms. The minimum atomic E-state index is -0.326. The van der Waals surface area contributed by atoms with Crippen LogP contribution in [0.15, 0.2) is 29.6 Å². The smallest absolute Gasteiger partial charge is 0.254 e. The highest BCUT2D eigenvalue weighted by Crippen LogP contribution is 2.18. The molecule has 0 aliphatic carbocycles. The van der Waals surface area contributed by atoms with Crippen molar-refractivity contribution in [2.75, 3.05) is 38.6 Å². The van der Waals surface area contributed by atoms with E-state index in [4.69, 9.17) is 4.74 Å². The highest BCUT2D eigenvalue weighted by molar-refractivity contribution is 7.13. The van der Waals surface area contributed by atoms with Crippen molar-refractivity contribution in [1.29, 1.82) is 0 Å². The van der Waals surface area contributed by atoms with Gasteiger partial charge in [0.15, 0.2) is 5.13 Å². The van der Waals surface area contributed by atoms with Crippen LogP contribution in [0.1, 0.15) is 56.6 Å². The second-order valence-corrected chi connectivity index (χ2v) is 9.42. The van der Waals surface area contributed by atoms with Gasteiger partial charge in [-0.1, -0.05) is 27.7 Å². The minimum Gasteiger partial charge on any atom is -0.497 e. The van der Waals surface area contributed by atoms with Crippen molar-refractivity contribution in [3.05, 3.63) is 40.9 Å². The zero-order valence-electron chi connectivity index (χ0n) is 20.8. The van der Waals surface area contributed by atoms with Gasteiger partial charge in [0, 0.05) is 30.6 Å². The van der Waals surface area contributed by atoms with Crippen molar-refractivity contribution in [3.8, 4) is 5.75 Å². The van der Waals surface area contributed by atoms with E-state index in [-0.39, 0.29) is 36.6 Å². The number of thiazole rings is 1. The lowest BCUT2D eigenvalue weighted by atomic mass is 10.1. The quantitative estimate of drug-likeness (QED) is 0.459. The van der Waals surface area contributed by atoms with E-state index in [0.717, 1.165) is 25.9 Å². The first-order valence-corrected chi connectivity index (χ1v) is 12.6. The zero-order valence-corrected chi connectivity index (χ0v) is 21.6. The van der Waals surface area contributed by atoms with E-state index < -0.39 is 0 Å². The summed E-state index contributed by atoms with van der Waals surface area (Å²) in [5.41, 5.74) is 1.13. The number of carbonyl (C=O) groups is 3. The topological polar surface area (TPSA) is 91.8 Å². The Labute approximate surface area is 206 Å². The summed E-state index contributed by atoms with van der Waals surface area (Å²) in [6.07, 6.45) is 2.03. The summed E-state index contributed by atoms with van der Waals surface area (Å²) in [5, 5.41) is 4.99. The van der Waals surface area contributed by atoms with E-state index in [0.29, 0.717) is 28.7 Å². The standard InChI is InChI=1S/C25H36N4O4S/c1-6-12-28(13-7-2)23(31)14-20-17-34-25(26-20)27-22(30)16-29(15-18(3)4)24(32)19-8-10-21(33-5)11-9-19/h8-11,17-18H,6-7,12-16H2,1-5H3,(H,26,27,30). The predicted octanol–water partition coefficient (Wildman–Crippen LogP) is 4.08. The molecule has 1 aromatic heterocycles. The van der Waals surface area contributed by atoms with E-state index in [2.05, 4.69) is 10.3 Å². The molecule has 0 radical (unpaired) electrons. The lowest BCUT2D eigenvalue weighted by molar-refractivity contribution is -0.130. The Morgan fingerprint density at radius 2 is 1.71 bits per heavy atom. The molecule has 1 heterocycles. The highest BCUT2D eigenvalue weighted by Gasteiger charge is 2.21. The summed E-state index contributed by atoms with van der Waals surface area (Å²) in [4.78, 5) is 46.1. The maximum absolute atomic E-state index is 13.0. The maximum atomic E-state index is 13.0. The van der Waals surface area contributed by atoms with Gasteiger partial charge in [-0.3, -0.25) is 14.4 Å². The molecule has 0 aliphatic rings. The van der Waals surface area contributed by atoms with Crippen LogP contribution in [0.5, 0.6) is 5.75 Å². The van der Waals surface area contributed by atoms with Gasteiger partial charge < -0.3 is 19.9 Å². The molecular weight excluding hydrogens is 452 g/mol. The van der Waals surface area contributed by atoms with Crippen LogP contribution in [-0.4, -0.2) is 65.8 Å². The number of aromatic nitrogens is 1. The molecule has 0 fully saturated rings. The third-order valence-corrected chi connectivity index (χ3v) is 5.82. The van der Waals surface area contributed by atoms with Crippen LogP contribution in [0.4, 0.5) is 5.13 Å². The van der Waals surface area contributed by atoms with E-state index >= 15 is 0 Å². The van der Waals surface area contributed by atoms with Gasteiger partial charge >= 0.3 is 0 Å². The van der Waals surface area contributed by atoms with Crippen LogP contribution in [0.3, 0.4) is 0 Å². The fourth-order valence-corrected chi connectivity index (χ4v) is 4.25. The number of hydrogen-bond acceptors (Lipinski definition) is 6. The number of benzene rings is 1. The first-order valence-electron chi connectivity index (χ1n) is 11.7. The molecule has 0 unspecified atom stereocenters. The van der Waals surface area contributed by atoms with Gasteiger partial charge in [0.2, 0.25) is 11.8 Å². The van der Waals surface area contributed by atoms with Crippen molar-refractivity contribution in [2.45, 2.75) is 47.0 Å². The predicted molar refractivity (Wildman–Crippen MR) is 135 cm³/mol. The largest absolute Gasteiger partial charge is 0.497 e. The third kappa shape index (κ3) is 8.44. The molecule has 8 nitrogen and oxygen atoms in total. The second kappa shape index (κ2) is 13.7. The number of amides is 3. The number of rotatable bonds is 13. The monoisotopic (exact) mass is 488 g/mol. The molecule has 34 heavy (non-hydrogen) atoms. The molecule has 2 aromatic rings. The van der Waals surface area contributed by atoms with E-state index in [9.17, 15) is 14.4 Å². The van der Waals surface area contributed by atoms with Crippen molar-refractivity contribution in [3.63, 3.8) is 0 Å². The van der Waals surface area contributed by atoms with Crippen LogP contribution in [0, 0.1) is 5.92 Å². The van der Waals surface area contributed by atoms with E-state index in [1.807, 2.05) is 32.6 Å². The summed E-state index contributed by atoms with van der Waals surface area (Å²) >= 11 is 1.28. The van der Waals surface area contributed by atoms with Crippen LogP contribution in [0.25, 0.3) is 0 Å². The highest BCUT2D eigenvalue weighted by atomic mass is 32.1. The first-order chi connectivity index (χ1) is 16.3. The molecule has 2 rings (SSSR count). The molecule has 0 saturated carbocycles. The Balaban J connectivity index is 2.00. The summed E-state index contributed by atoms with van der Waals surface area (Å²) in [6.45, 7) is 9.91. The third-order valence-electron chi connectivity index (χ3n) is 5.01. The summed E-state index contributed by atoms with van der Waals surface area (Å²) in [6, 6.07) is 6.83. The van der Waals surface area contributed by atoms with Crippen molar-refractivity contribution in [2.24, 2.45) is 5.92 Å². The SMILES string of the molecule is CCCN(CCC)C(=O)Cc1csc(NC(=O)CN(CC(C)C)C(=O)c2ccc(OC)cc2)n1. The van der Waals surface area contributed by atoms with Gasteiger partial charge in [-0.15, -0.1) is 11.3 Å². The number of hydrogen-bond donors (Lipinski definition) is 1. The summed E-state index contributed by atoms with van der Waals surface area (Å²) < 4.78 is 5.15. The Morgan fingerprint density at radius 1 is 1.06 bits per heavy atom. The molecule has 0 atom stereocenters. The molecule has 3 amide bonds. The molecule has 1 aromatic carbocycles. The van der Waals surface area contributed by atoms with Gasteiger partial charge in [0.1, 0.15) is 12.3 Å². The normalized spacial score (nSPS) is 10.8. The van der Waals surface area contributed by atoms with Crippen molar-refractivity contribution >= 4 is 34.2 Å². The number of nitrogens with zero attached hydrogens (tertiary/aromatic N) is 3. The number of anilines is 1. The van der Waals surface area contributed by atoms with E-state index in [1.165, 1.54) is 16.2 Å². The molecule has 0 saturated heterocycles. The van der Waals surface area contributed by atoms with Crippen LogP contribution in [0.2, 0.25) is 0 Å². The first kappa shape index (κ1) is 27.3. The Bertz CT molecular complexity index is 937. The van der Waals surface area contributed by atoms with Gasteiger partial charge in [-0.05, 0) is 43.0 Å². The van der Waals surface area contributed by atoms with E-state index in [1.54, 1.807) is 36.8 Å². The van der Waals surface area contributed by atoms with Gasteiger partial charge in [0.05, 0.1) is 19.2 Å². The second-order valence-electron chi connectivity index (χ2n) is 8.56. The molecule has 186 valence electrons. The molecule has 0 spiro atoms. The fraction of sp³-hybridized carbons (Fsp3) is 0.520. The summed E-state index contributed by atoms with van der Waals surface area (Å²) in [5.74, 6) is 0.356. The molecule has 9 heteroatoms. The van der Waals surface area contributed by atoms with Crippen molar-refractivity contribution < 1.29 is 19.1 Å². The molecule has 1 N–H and O–H groups in total. The summed E-state index contributed by atoms with van der Waals surface area (Å²) in [7, 11) is 1.57. The van der Waals surface area contributed by atoms with Gasteiger partial charge in [-0.2, -0.15) is 0 Å². The zero-order chi connectivity index (χ0) is 25.1. The van der Waals surface area contributed by atoms with Crippen LogP contribution in [-0.2, 0) is 16.0 Å². The Kier molecular flexibility index (Phi) is 11.0. The van der Waals surface area contributed by atoms with Gasteiger partial charge in [-0.25, -0.2) is 4.98 Å². The Morgan fingerprint density at radius 3 is 2.26 bits per heavy atom.